The van der Waals surface area contributed by atoms with Gasteiger partial charge in [0.2, 0.25) is 0 Å². The summed E-state index contributed by atoms with van der Waals surface area (Å²) < 4.78 is 6.79. The summed E-state index contributed by atoms with van der Waals surface area (Å²) in [4.78, 5) is 13.4. The number of halogens is 1. The van der Waals surface area contributed by atoms with Crippen molar-refractivity contribution >= 4 is 39.4 Å². The van der Waals surface area contributed by atoms with Crippen LogP contribution in [0.25, 0.3) is 0 Å². The third kappa shape index (κ3) is 6.57. The van der Waals surface area contributed by atoms with Gasteiger partial charge < -0.3 is 4.74 Å². The molecule has 0 fully saturated rings. The summed E-state index contributed by atoms with van der Waals surface area (Å²) in [6, 6.07) is 7.69. The molecule has 0 saturated carbocycles. The van der Waals surface area contributed by atoms with Crippen molar-refractivity contribution in [3.05, 3.63) is 50.1 Å². The maximum atomic E-state index is 12.2. The Hall–Kier alpha value is -1.66. The largest absolute Gasteiger partial charge is 0.493 e. The molecular formula is C20H25BrN2O2S. The van der Waals surface area contributed by atoms with E-state index in [1.807, 2.05) is 29.6 Å². The smallest absolute Gasteiger partial charge is 0.272 e. The molecule has 0 bridgehead atoms. The molecule has 2 aromatic rings. The van der Waals surface area contributed by atoms with Gasteiger partial charge in [0, 0.05) is 20.3 Å². The van der Waals surface area contributed by atoms with Crippen LogP contribution in [0.4, 0.5) is 0 Å². The molecule has 1 N–H and O–H groups in total. The van der Waals surface area contributed by atoms with E-state index in [0.29, 0.717) is 18.1 Å². The third-order valence-corrected chi connectivity index (χ3v) is 5.20. The summed E-state index contributed by atoms with van der Waals surface area (Å²) >= 11 is 5.07. The number of aryl methyl sites for hydroxylation is 1. The lowest BCUT2D eigenvalue weighted by Gasteiger charge is -2.10. The van der Waals surface area contributed by atoms with Crippen molar-refractivity contribution in [2.45, 2.75) is 40.0 Å². The Bertz CT molecular complexity index is 756. The van der Waals surface area contributed by atoms with Crippen molar-refractivity contribution in [2.75, 3.05) is 6.61 Å². The number of rotatable bonds is 9. The first-order valence-electron chi connectivity index (χ1n) is 8.82. The number of carbonyl (C=O) groups excluding carboxylic acids is 1. The second-order valence-electron chi connectivity index (χ2n) is 6.46. The quantitative estimate of drug-likeness (QED) is 0.407. The van der Waals surface area contributed by atoms with Crippen LogP contribution in [0, 0.1) is 5.92 Å². The lowest BCUT2D eigenvalue weighted by molar-refractivity contribution is 0.0955. The van der Waals surface area contributed by atoms with Crippen LogP contribution in [0.2, 0.25) is 0 Å². The molecule has 0 aliphatic rings. The lowest BCUT2D eigenvalue weighted by atomic mass is 10.1. The number of ether oxygens (including phenoxy) is 1. The van der Waals surface area contributed by atoms with E-state index in [-0.39, 0.29) is 5.91 Å². The van der Waals surface area contributed by atoms with Crippen LogP contribution in [0.1, 0.15) is 54.4 Å². The fourth-order valence-electron chi connectivity index (χ4n) is 2.26. The molecule has 2 rings (SSSR count). The van der Waals surface area contributed by atoms with Crippen LogP contribution < -0.4 is 10.2 Å². The van der Waals surface area contributed by atoms with Crippen molar-refractivity contribution in [2.24, 2.45) is 11.0 Å². The molecule has 4 nitrogen and oxygen atoms in total. The maximum absolute atomic E-state index is 12.2. The van der Waals surface area contributed by atoms with Gasteiger partial charge in [-0.3, -0.25) is 4.79 Å². The zero-order valence-electron chi connectivity index (χ0n) is 15.4. The number of nitrogens with one attached hydrogen (secondary N) is 1. The van der Waals surface area contributed by atoms with Gasteiger partial charge >= 0.3 is 0 Å². The molecular weight excluding hydrogens is 412 g/mol. The summed E-state index contributed by atoms with van der Waals surface area (Å²) in [6.45, 7) is 7.11. The molecule has 0 radical (unpaired) electrons. The van der Waals surface area contributed by atoms with Crippen LogP contribution in [0.5, 0.6) is 5.75 Å². The van der Waals surface area contributed by atoms with Crippen molar-refractivity contribution < 1.29 is 9.53 Å². The highest BCUT2D eigenvalue weighted by Gasteiger charge is 2.08. The molecule has 1 aromatic carbocycles. The fraction of sp³-hybridized carbons (Fsp3) is 0.400. The van der Waals surface area contributed by atoms with E-state index in [0.717, 1.165) is 35.0 Å². The Morgan fingerprint density at radius 1 is 1.38 bits per heavy atom. The highest BCUT2D eigenvalue weighted by molar-refractivity contribution is 9.10. The number of thiophene rings is 1. The Morgan fingerprint density at radius 3 is 2.92 bits per heavy atom. The van der Waals surface area contributed by atoms with Crippen LogP contribution in [0.3, 0.4) is 0 Å². The SMILES string of the molecule is CCCc1cc(C(=O)NN=Cc2cc(Br)ccc2OCCC(C)C)cs1. The van der Waals surface area contributed by atoms with E-state index in [1.165, 1.54) is 4.88 Å². The summed E-state index contributed by atoms with van der Waals surface area (Å²) in [5, 5.41) is 5.97. The maximum Gasteiger partial charge on any atom is 0.272 e. The Balaban J connectivity index is 1.99. The van der Waals surface area contributed by atoms with E-state index in [4.69, 9.17) is 4.74 Å². The van der Waals surface area contributed by atoms with Crippen molar-refractivity contribution in [1.82, 2.24) is 5.43 Å². The minimum absolute atomic E-state index is 0.197. The predicted octanol–water partition coefficient (Wildman–Crippen LogP) is 5.65. The van der Waals surface area contributed by atoms with Crippen LogP contribution in [-0.4, -0.2) is 18.7 Å². The topological polar surface area (TPSA) is 50.7 Å². The van der Waals surface area contributed by atoms with E-state index in [2.05, 4.69) is 47.2 Å². The van der Waals surface area contributed by atoms with Gasteiger partial charge in [-0.1, -0.05) is 43.1 Å². The number of benzene rings is 1. The summed E-state index contributed by atoms with van der Waals surface area (Å²) in [5.74, 6) is 1.15. The molecule has 6 heteroatoms. The van der Waals surface area contributed by atoms with Gasteiger partial charge in [0.05, 0.1) is 18.4 Å². The van der Waals surface area contributed by atoms with Gasteiger partial charge in [0.1, 0.15) is 5.75 Å². The third-order valence-electron chi connectivity index (χ3n) is 3.71. The van der Waals surface area contributed by atoms with Crippen molar-refractivity contribution in [3.63, 3.8) is 0 Å². The molecule has 26 heavy (non-hydrogen) atoms. The molecule has 0 aliphatic carbocycles. The molecule has 0 aliphatic heterocycles. The fourth-order valence-corrected chi connectivity index (χ4v) is 3.61. The normalized spacial score (nSPS) is 11.3. The van der Waals surface area contributed by atoms with Gasteiger partial charge in [-0.2, -0.15) is 5.10 Å². The van der Waals surface area contributed by atoms with Gasteiger partial charge in [-0.15, -0.1) is 11.3 Å². The van der Waals surface area contributed by atoms with E-state index >= 15 is 0 Å². The Morgan fingerprint density at radius 2 is 2.19 bits per heavy atom. The first-order valence-corrected chi connectivity index (χ1v) is 10.5. The molecule has 0 atom stereocenters. The molecule has 0 unspecified atom stereocenters. The molecule has 140 valence electrons. The minimum atomic E-state index is -0.197. The molecule has 0 spiro atoms. The van der Waals surface area contributed by atoms with Crippen LogP contribution >= 0.6 is 27.3 Å². The van der Waals surface area contributed by atoms with Gasteiger partial charge in [-0.05, 0) is 43.0 Å². The second-order valence-corrected chi connectivity index (χ2v) is 8.38. The minimum Gasteiger partial charge on any atom is -0.493 e. The molecule has 1 aromatic heterocycles. The summed E-state index contributed by atoms with van der Waals surface area (Å²) in [6.07, 6.45) is 4.67. The van der Waals surface area contributed by atoms with Crippen molar-refractivity contribution in [1.29, 1.82) is 0 Å². The summed E-state index contributed by atoms with van der Waals surface area (Å²) in [5.41, 5.74) is 4.06. The average molecular weight is 437 g/mol. The van der Waals surface area contributed by atoms with Crippen LogP contribution in [-0.2, 0) is 6.42 Å². The molecule has 1 heterocycles. The number of hydrazone groups is 1. The number of amides is 1. The molecule has 1 amide bonds. The molecule has 0 saturated heterocycles. The van der Waals surface area contributed by atoms with Crippen molar-refractivity contribution in [3.8, 4) is 5.75 Å². The number of hydrogen-bond donors (Lipinski definition) is 1. The standard InChI is InChI=1S/C20H25BrN2O2S/c1-4-5-18-11-16(13-26-18)20(24)23-22-12-15-10-17(21)6-7-19(15)25-9-8-14(2)3/h6-7,10-14H,4-5,8-9H2,1-3H3,(H,23,24). The van der Waals surface area contributed by atoms with Gasteiger partial charge in [0.25, 0.3) is 5.91 Å². The average Bonchev–Trinajstić information content (AvgIpc) is 3.05. The highest BCUT2D eigenvalue weighted by Crippen LogP contribution is 2.22. The van der Waals surface area contributed by atoms with E-state index in [9.17, 15) is 4.79 Å². The zero-order valence-corrected chi connectivity index (χ0v) is 17.8. The monoisotopic (exact) mass is 436 g/mol. The lowest BCUT2D eigenvalue weighted by Crippen LogP contribution is -2.16. The Labute approximate surface area is 167 Å². The highest BCUT2D eigenvalue weighted by atomic mass is 79.9. The number of hydrogen-bond acceptors (Lipinski definition) is 4. The zero-order chi connectivity index (χ0) is 18.9. The second kappa shape index (κ2) is 10.5. The van der Waals surface area contributed by atoms with Gasteiger partial charge in [0.15, 0.2) is 0 Å². The number of nitrogens with zero attached hydrogens (tertiary/aromatic N) is 1. The Kier molecular flexibility index (Phi) is 8.32. The predicted molar refractivity (Wildman–Crippen MR) is 112 cm³/mol. The van der Waals surface area contributed by atoms with E-state index in [1.54, 1.807) is 17.6 Å². The van der Waals surface area contributed by atoms with E-state index < -0.39 is 0 Å². The summed E-state index contributed by atoms with van der Waals surface area (Å²) in [7, 11) is 0. The number of carbonyl (C=O) groups is 1. The first-order chi connectivity index (χ1) is 12.5. The first kappa shape index (κ1) is 20.6. The van der Waals surface area contributed by atoms with Gasteiger partial charge in [-0.25, -0.2) is 5.43 Å². The van der Waals surface area contributed by atoms with Crippen LogP contribution in [0.15, 0.2) is 39.2 Å².